The molecule has 1 aromatic carbocycles. The van der Waals surface area contributed by atoms with Gasteiger partial charge in [0.25, 0.3) is 0 Å². The molecule has 2 rings (SSSR count). The maximum atomic E-state index is 6.17. The van der Waals surface area contributed by atoms with Crippen LogP contribution in [-0.2, 0) is 6.42 Å². The standard InChI is InChI=1S/C13H16ClN3S/c1-3-6-12-16-13(18-17-12)15-9(2)10-7-4-5-8-11(10)14/h4-5,7-9H,3,6H2,1-2H3,(H,15,16,17). The minimum Gasteiger partial charge on any atom is -0.354 e. The highest BCUT2D eigenvalue weighted by molar-refractivity contribution is 7.09. The van der Waals surface area contributed by atoms with Gasteiger partial charge in [0.15, 0.2) is 0 Å². The Labute approximate surface area is 116 Å². The van der Waals surface area contributed by atoms with Gasteiger partial charge in [-0.15, -0.1) is 0 Å². The van der Waals surface area contributed by atoms with E-state index in [-0.39, 0.29) is 6.04 Å². The Kier molecular flexibility index (Phi) is 4.55. The second kappa shape index (κ2) is 6.16. The summed E-state index contributed by atoms with van der Waals surface area (Å²) in [6.45, 7) is 4.20. The van der Waals surface area contributed by atoms with E-state index in [1.54, 1.807) is 0 Å². The van der Waals surface area contributed by atoms with E-state index in [0.29, 0.717) is 0 Å². The maximum Gasteiger partial charge on any atom is 0.203 e. The molecule has 0 aliphatic heterocycles. The molecule has 2 aromatic rings. The first-order valence-electron chi connectivity index (χ1n) is 6.04. The molecular formula is C13H16ClN3S. The lowest BCUT2D eigenvalue weighted by molar-refractivity contribution is 0.848. The third-order valence-corrected chi connectivity index (χ3v) is 3.68. The van der Waals surface area contributed by atoms with Gasteiger partial charge in [-0.05, 0) is 25.0 Å². The van der Waals surface area contributed by atoms with Crippen LogP contribution >= 0.6 is 23.1 Å². The van der Waals surface area contributed by atoms with Crippen molar-refractivity contribution in [1.29, 1.82) is 0 Å². The van der Waals surface area contributed by atoms with Gasteiger partial charge in [-0.3, -0.25) is 0 Å². The SMILES string of the molecule is CCCc1nsc(NC(C)c2ccccc2Cl)n1. The highest BCUT2D eigenvalue weighted by Gasteiger charge is 2.11. The van der Waals surface area contributed by atoms with Gasteiger partial charge < -0.3 is 5.32 Å². The topological polar surface area (TPSA) is 37.8 Å². The van der Waals surface area contributed by atoms with E-state index in [1.807, 2.05) is 24.3 Å². The first-order chi connectivity index (χ1) is 8.70. The zero-order chi connectivity index (χ0) is 13.0. The molecule has 0 radical (unpaired) electrons. The van der Waals surface area contributed by atoms with Crippen molar-refractivity contribution in [3.8, 4) is 0 Å². The first kappa shape index (κ1) is 13.3. The number of hydrogen-bond donors (Lipinski definition) is 1. The fourth-order valence-electron chi connectivity index (χ4n) is 1.73. The molecule has 0 spiro atoms. The quantitative estimate of drug-likeness (QED) is 0.887. The number of anilines is 1. The van der Waals surface area contributed by atoms with Crippen molar-refractivity contribution >= 4 is 28.3 Å². The second-order valence-electron chi connectivity index (χ2n) is 4.15. The highest BCUT2D eigenvalue weighted by Crippen LogP contribution is 2.26. The summed E-state index contributed by atoms with van der Waals surface area (Å²) < 4.78 is 4.31. The molecular weight excluding hydrogens is 266 g/mol. The smallest absolute Gasteiger partial charge is 0.203 e. The Balaban J connectivity index is 2.06. The van der Waals surface area contributed by atoms with Crippen LogP contribution in [0.5, 0.6) is 0 Å². The zero-order valence-corrected chi connectivity index (χ0v) is 12.1. The molecule has 1 aromatic heterocycles. The predicted octanol–water partition coefficient (Wildman–Crippen LogP) is 4.32. The number of nitrogens with one attached hydrogen (secondary N) is 1. The fourth-order valence-corrected chi connectivity index (χ4v) is 2.73. The monoisotopic (exact) mass is 281 g/mol. The van der Waals surface area contributed by atoms with Crippen LogP contribution in [-0.4, -0.2) is 9.36 Å². The number of halogens is 1. The lowest BCUT2D eigenvalue weighted by Gasteiger charge is -2.14. The van der Waals surface area contributed by atoms with Gasteiger partial charge in [0, 0.05) is 23.0 Å². The normalized spacial score (nSPS) is 12.4. The highest BCUT2D eigenvalue weighted by atomic mass is 35.5. The summed E-state index contributed by atoms with van der Waals surface area (Å²) in [5, 5.41) is 4.96. The summed E-state index contributed by atoms with van der Waals surface area (Å²) in [6.07, 6.45) is 1.99. The zero-order valence-electron chi connectivity index (χ0n) is 10.5. The summed E-state index contributed by atoms with van der Waals surface area (Å²) in [5.41, 5.74) is 1.08. The van der Waals surface area contributed by atoms with Crippen molar-refractivity contribution in [2.45, 2.75) is 32.7 Å². The number of aryl methyl sites for hydroxylation is 1. The largest absolute Gasteiger partial charge is 0.354 e. The number of benzene rings is 1. The van der Waals surface area contributed by atoms with E-state index in [2.05, 4.69) is 28.5 Å². The number of aromatic nitrogens is 2. The van der Waals surface area contributed by atoms with Crippen molar-refractivity contribution in [3.63, 3.8) is 0 Å². The summed E-state index contributed by atoms with van der Waals surface area (Å²) in [4.78, 5) is 4.45. The van der Waals surface area contributed by atoms with Crippen molar-refractivity contribution in [2.24, 2.45) is 0 Å². The summed E-state index contributed by atoms with van der Waals surface area (Å²) in [5.74, 6) is 0.913. The number of rotatable bonds is 5. The molecule has 0 aliphatic carbocycles. The van der Waals surface area contributed by atoms with Crippen LogP contribution in [0.1, 0.15) is 37.7 Å². The van der Waals surface area contributed by atoms with E-state index < -0.39 is 0 Å². The van der Waals surface area contributed by atoms with Gasteiger partial charge in [0.2, 0.25) is 5.13 Å². The van der Waals surface area contributed by atoms with Crippen LogP contribution in [0.4, 0.5) is 5.13 Å². The summed E-state index contributed by atoms with van der Waals surface area (Å²) in [6, 6.07) is 7.97. The van der Waals surface area contributed by atoms with Crippen molar-refractivity contribution in [1.82, 2.24) is 9.36 Å². The van der Waals surface area contributed by atoms with E-state index in [1.165, 1.54) is 11.5 Å². The van der Waals surface area contributed by atoms with E-state index in [0.717, 1.165) is 34.4 Å². The Bertz CT molecular complexity index is 512. The lowest BCUT2D eigenvalue weighted by Crippen LogP contribution is -2.06. The molecule has 0 fully saturated rings. The molecule has 1 heterocycles. The molecule has 96 valence electrons. The Hall–Kier alpha value is -1.13. The molecule has 0 bridgehead atoms. The molecule has 1 N–H and O–H groups in total. The molecule has 18 heavy (non-hydrogen) atoms. The summed E-state index contributed by atoms with van der Waals surface area (Å²) in [7, 11) is 0. The average molecular weight is 282 g/mol. The van der Waals surface area contributed by atoms with Gasteiger partial charge >= 0.3 is 0 Å². The van der Waals surface area contributed by atoms with E-state index >= 15 is 0 Å². The third-order valence-electron chi connectivity index (χ3n) is 2.65. The van der Waals surface area contributed by atoms with Gasteiger partial charge in [-0.25, -0.2) is 4.98 Å². The van der Waals surface area contributed by atoms with Crippen LogP contribution in [0, 0.1) is 0 Å². The van der Waals surface area contributed by atoms with Gasteiger partial charge in [-0.2, -0.15) is 4.37 Å². The second-order valence-corrected chi connectivity index (χ2v) is 5.31. The first-order valence-corrected chi connectivity index (χ1v) is 7.19. The van der Waals surface area contributed by atoms with E-state index in [4.69, 9.17) is 11.6 Å². The van der Waals surface area contributed by atoms with Gasteiger partial charge in [0.1, 0.15) is 5.82 Å². The lowest BCUT2D eigenvalue weighted by atomic mass is 10.1. The maximum absolute atomic E-state index is 6.17. The van der Waals surface area contributed by atoms with Crippen LogP contribution in [0.2, 0.25) is 5.02 Å². The van der Waals surface area contributed by atoms with Gasteiger partial charge in [0.05, 0.1) is 6.04 Å². The predicted molar refractivity (Wildman–Crippen MR) is 77.4 cm³/mol. The molecule has 0 saturated carbocycles. The number of hydrogen-bond acceptors (Lipinski definition) is 4. The average Bonchev–Trinajstić information content (AvgIpc) is 2.77. The van der Waals surface area contributed by atoms with Crippen molar-refractivity contribution < 1.29 is 0 Å². The Morgan fingerprint density at radius 2 is 2.17 bits per heavy atom. The molecule has 3 nitrogen and oxygen atoms in total. The fraction of sp³-hybridized carbons (Fsp3) is 0.385. The minimum atomic E-state index is 0.126. The van der Waals surface area contributed by atoms with Crippen LogP contribution in [0.3, 0.4) is 0 Å². The third kappa shape index (κ3) is 3.21. The minimum absolute atomic E-state index is 0.126. The van der Waals surface area contributed by atoms with Crippen molar-refractivity contribution in [2.75, 3.05) is 5.32 Å². The molecule has 0 aliphatic rings. The Morgan fingerprint density at radius 3 is 2.89 bits per heavy atom. The molecule has 0 saturated heterocycles. The summed E-state index contributed by atoms with van der Waals surface area (Å²) >= 11 is 7.57. The van der Waals surface area contributed by atoms with Crippen LogP contribution < -0.4 is 5.32 Å². The van der Waals surface area contributed by atoms with Crippen molar-refractivity contribution in [3.05, 3.63) is 40.7 Å². The number of nitrogens with zero attached hydrogens (tertiary/aromatic N) is 2. The molecule has 5 heteroatoms. The Morgan fingerprint density at radius 1 is 1.39 bits per heavy atom. The molecule has 1 unspecified atom stereocenters. The molecule has 1 atom stereocenters. The van der Waals surface area contributed by atoms with Crippen LogP contribution in [0.25, 0.3) is 0 Å². The van der Waals surface area contributed by atoms with Gasteiger partial charge in [-0.1, -0.05) is 36.7 Å². The molecule has 0 amide bonds. The van der Waals surface area contributed by atoms with Crippen LogP contribution in [0.15, 0.2) is 24.3 Å². The van der Waals surface area contributed by atoms with E-state index in [9.17, 15) is 0 Å².